The average molecular weight is 315 g/mol. The molecule has 0 radical (unpaired) electrons. The summed E-state index contributed by atoms with van der Waals surface area (Å²) in [6.45, 7) is -1.40. The molecule has 0 bridgehead atoms. The van der Waals surface area contributed by atoms with Gasteiger partial charge >= 0.3 is 6.18 Å². The van der Waals surface area contributed by atoms with Crippen LogP contribution in [0.5, 0.6) is 5.75 Å². The fourth-order valence-corrected chi connectivity index (χ4v) is 2.32. The molecule has 1 aromatic heterocycles. The summed E-state index contributed by atoms with van der Waals surface area (Å²) in [6.07, 6.45) is -4.25. The lowest BCUT2D eigenvalue weighted by Crippen LogP contribution is -2.20. The van der Waals surface area contributed by atoms with Crippen molar-refractivity contribution in [2.45, 2.75) is 12.6 Å². The van der Waals surface area contributed by atoms with Crippen molar-refractivity contribution in [2.24, 2.45) is 0 Å². The number of hydrogen-bond acceptors (Lipinski definition) is 3. The molecule has 0 aliphatic carbocycles. The molecule has 7 heteroatoms. The number of carbonyl (C=O) groups excluding carboxylic acids is 1. The minimum atomic E-state index is -4.42. The zero-order valence-electron chi connectivity index (χ0n) is 10.8. The number of carbonyl (C=O) groups is 1. The van der Waals surface area contributed by atoms with Gasteiger partial charge in [-0.1, -0.05) is 18.2 Å². The molecule has 0 spiro atoms. The van der Waals surface area contributed by atoms with E-state index in [1.165, 1.54) is 23.5 Å². The van der Waals surface area contributed by atoms with Gasteiger partial charge in [-0.3, -0.25) is 4.79 Å². The number of anilines is 1. The van der Waals surface area contributed by atoms with Gasteiger partial charge in [-0.05, 0) is 23.6 Å². The summed E-state index contributed by atoms with van der Waals surface area (Å²) < 4.78 is 41.2. The SMILES string of the molecule is O=C(Cc1cccs1)Nc1ccccc1OCC(F)(F)F. The maximum absolute atomic E-state index is 12.2. The minimum absolute atomic E-state index is 0.00523. The predicted octanol–water partition coefficient (Wildman–Crippen LogP) is 3.87. The molecule has 1 N–H and O–H groups in total. The molecule has 0 saturated carbocycles. The van der Waals surface area contributed by atoms with E-state index in [4.69, 9.17) is 4.74 Å². The molecule has 1 aromatic carbocycles. The van der Waals surface area contributed by atoms with E-state index in [0.29, 0.717) is 0 Å². The number of amides is 1. The fraction of sp³-hybridized carbons (Fsp3) is 0.214. The molecule has 0 aliphatic rings. The molecule has 0 atom stereocenters. The molecule has 0 aliphatic heterocycles. The Morgan fingerprint density at radius 1 is 1.19 bits per heavy atom. The highest BCUT2D eigenvalue weighted by atomic mass is 32.1. The Labute approximate surface area is 123 Å². The summed E-state index contributed by atoms with van der Waals surface area (Å²) in [5.74, 6) is -0.310. The topological polar surface area (TPSA) is 38.3 Å². The van der Waals surface area contributed by atoms with E-state index in [1.54, 1.807) is 12.1 Å². The Hall–Kier alpha value is -2.02. The van der Waals surface area contributed by atoms with Crippen LogP contribution in [0.4, 0.5) is 18.9 Å². The third kappa shape index (κ3) is 5.11. The third-order valence-electron chi connectivity index (χ3n) is 2.47. The predicted molar refractivity (Wildman–Crippen MR) is 74.6 cm³/mol. The quantitative estimate of drug-likeness (QED) is 0.909. The standard InChI is InChI=1S/C14H12F3NO2S/c15-14(16,17)9-20-12-6-2-1-5-11(12)18-13(19)8-10-4-3-7-21-10/h1-7H,8-9H2,(H,18,19). The van der Waals surface area contributed by atoms with Crippen LogP contribution in [0.15, 0.2) is 41.8 Å². The Kier molecular flexibility index (Phi) is 4.85. The molecule has 1 heterocycles. The lowest BCUT2D eigenvalue weighted by atomic mass is 10.2. The number of alkyl halides is 3. The monoisotopic (exact) mass is 315 g/mol. The molecular weight excluding hydrogens is 303 g/mol. The minimum Gasteiger partial charge on any atom is -0.482 e. The van der Waals surface area contributed by atoms with Gasteiger partial charge in [-0.2, -0.15) is 13.2 Å². The van der Waals surface area contributed by atoms with Crippen molar-refractivity contribution in [2.75, 3.05) is 11.9 Å². The van der Waals surface area contributed by atoms with Crippen molar-refractivity contribution in [1.29, 1.82) is 0 Å². The Balaban J connectivity index is 2.00. The van der Waals surface area contributed by atoms with Crippen molar-refractivity contribution < 1.29 is 22.7 Å². The van der Waals surface area contributed by atoms with E-state index in [2.05, 4.69) is 5.32 Å². The molecule has 0 saturated heterocycles. The van der Waals surface area contributed by atoms with Crippen LogP contribution < -0.4 is 10.1 Å². The number of ether oxygens (including phenoxy) is 1. The first-order valence-corrected chi connectivity index (χ1v) is 6.93. The van der Waals surface area contributed by atoms with E-state index in [-0.39, 0.29) is 23.8 Å². The summed E-state index contributed by atoms with van der Waals surface area (Å²) in [7, 11) is 0. The number of halogens is 3. The number of nitrogens with one attached hydrogen (secondary N) is 1. The van der Waals surface area contributed by atoms with Crippen molar-refractivity contribution in [3.8, 4) is 5.75 Å². The van der Waals surface area contributed by atoms with Gasteiger partial charge in [0.25, 0.3) is 0 Å². The maximum atomic E-state index is 12.2. The maximum Gasteiger partial charge on any atom is 0.422 e. The van der Waals surface area contributed by atoms with Gasteiger partial charge in [0.2, 0.25) is 5.91 Å². The van der Waals surface area contributed by atoms with Crippen LogP contribution in [0.25, 0.3) is 0 Å². The molecule has 0 unspecified atom stereocenters. The lowest BCUT2D eigenvalue weighted by Gasteiger charge is -2.13. The highest BCUT2D eigenvalue weighted by molar-refractivity contribution is 7.10. The molecule has 21 heavy (non-hydrogen) atoms. The van der Waals surface area contributed by atoms with E-state index in [0.717, 1.165) is 4.88 Å². The van der Waals surface area contributed by atoms with Crippen LogP contribution in [-0.2, 0) is 11.2 Å². The summed E-state index contributed by atoms with van der Waals surface area (Å²) in [5.41, 5.74) is 0.225. The van der Waals surface area contributed by atoms with Crippen molar-refractivity contribution in [3.63, 3.8) is 0 Å². The lowest BCUT2D eigenvalue weighted by molar-refractivity contribution is -0.153. The number of benzene rings is 1. The Morgan fingerprint density at radius 2 is 1.95 bits per heavy atom. The van der Waals surface area contributed by atoms with Gasteiger partial charge in [0.05, 0.1) is 12.1 Å². The average Bonchev–Trinajstić information content (AvgIpc) is 2.89. The van der Waals surface area contributed by atoms with Crippen LogP contribution in [0.1, 0.15) is 4.88 Å². The van der Waals surface area contributed by atoms with Gasteiger partial charge in [-0.15, -0.1) is 11.3 Å². The van der Waals surface area contributed by atoms with Gasteiger partial charge in [0.15, 0.2) is 6.61 Å². The zero-order valence-corrected chi connectivity index (χ0v) is 11.6. The second-order valence-electron chi connectivity index (χ2n) is 4.20. The summed E-state index contributed by atoms with van der Waals surface area (Å²) in [5, 5.41) is 4.41. The zero-order chi connectivity index (χ0) is 15.3. The van der Waals surface area contributed by atoms with E-state index in [1.807, 2.05) is 17.5 Å². The number of hydrogen-bond donors (Lipinski definition) is 1. The van der Waals surface area contributed by atoms with E-state index >= 15 is 0 Å². The molecule has 2 aromatic rings. The van der Waals surface area contributed by atoms with Gasteiger partial charge in [-0.25, -0.2) is 0 Å². The van der Waals surface area contributed by atoms with E-state index < -0.39 is 12.8 Å². The summed E-state index contributed by atoms with van der Waals surface area (Å²) in [4.78, 5) is 12.7. The highest BCUT2D eigenvalue weighted by Crippen LogP contribution is 2.26. The van der Waals surface area contributed by atoms with E-state index in [9.17, 15) is 18.0 Å². The van der Waals surface area contributed by atoms with Crippen LogP contribution >= 0.6 is 11.3 Å². The molecular formula is C14H12F3NO2S. The fourth-order valence-electron chi connectivity index (χ4n) is 1.62. The second-order valence-corrected chi connectivity index (χ2v) is 5.24. The molecule has 3 nitrogen and oxygen atoms in total. The first kappa shape index (κ1) is 15.4. The first-order valence-electron chi connectivity index (χ1n) is 6.05. The smallest absolute Gasteiger partial charge is 0.422 e. The third-order valence-corrected chi connectivity index (χ3v) is 3.34. The van der Waals surface area contributed by atoms with Gasteiger partial charge < -0.3 is 10.1 Å². The van der Waals surface area contributed by atoms with Crippen molar-refractivity contribution in [1.82, 2.24) is 0 Å². The molecule has 0 fully saturated rings. The Morgan fingerprint density at radius 3 is 2.62 bits per heavy atom. The van der Waals surface area contributed by atoms with Crippen LogP contribution in [0.2, 0.25) is 0 Å². The molecule has 2 rings (SSSR count). The normalized spacial score (nSPS) is 11.2. The number of para-hydroxylation sites is 2. The highest BCUT2D eigenvalue weighted by Gasteiger charge is 2.28. The van der Waals surface area contributed by atoms with Crippen molar-refractivity contribution >= 4 is 22.9 Å². The van der Waals surface area contributed by atoms with Gasteiger partial charge in [0.1, 0.15) is 5.75 Å². The van der Waals surface area contributed by atoms with Crippen LogP contribution in [0, 0.1) is 0 Å². The number of rotatable bonds is 5. The van der Waals surface area contributed by atoms with Gasteiger partial charge in [0, 0.05) is 4.88 Å². The first-order chi connectivity index (χ1) is 9.94. The summed E-state index contributed by atoms with van der Waals surface area (Å²) in [6, 6.07) is 9.68. The molecule has 1 amide bonds. The van der Waals surface area contributed by atoms with Crippen LogP contribution in [0.3, 0.4) is 0 Å². The summed E-state index contributed by atoms with van der Waals surface area (Å²) >= 11 is 1.44. The molecule has 112 valence electrons. The largest absolute Gasteiger partial charge is 0.482 e. The Bertz CT molecular complexity index is 597. The second kappa shape index (κ2) is 6.62. The number of thiophene rings is 1. The van der Waals surface area contributed by atoms with Crippen LogP contribution in [-0.4, -0.2) is 18.7 Å². The van der Waals surface area contributed by atoms with Crippen molar-refractivity contribution in [3.05, 3.63) is 46.7 Å².